The van der Waals surface area contributed by atoms with Crippen LogP contribution in [0.1, 0.15) is 5.56 Å². The second-order valence-electron chi connectivity index (χ2n) is 2.70. The number of nitrogens with one attached hydrogen (secondary N) is 1. The molecule has 0 atom stereocenters. The molecule has 1 N–H and O–H groups in total. The summed E-state index contributed by atoms with van der Waals surface area (Å²) in [6.45, 7) is 1.84. The van der Waals surface area contributed by atoms with E-state index in [0.29, 0.717) is 11.6 Å². The van der Waals surface area contributed by atoms with E-state index in [2.05, 4.69) is 21.2 Å². The first-order valence-corrected chi connectivity index (χ1v) is 5.07. The summed E-state index contributed by atoms with van der Waals surface area (Å²) < 4.78 is 12.8. The van der Waals surface area contributed by atoms with Crippen LogP contribution >= 0.6 is 27.5 Å². The Kier molecular flexibility index (Phi) is 4.00. The van der Waals surface area contributed by atoms with Gasteiger partial charge in [-0.1, -0.05) is 11.6 Å². The molecule has 4 heteroatoms. The van der Waals surface area contributed by atoms with E-state index in [9.17, 15) is 4.39 Å². The molecule has 0 spiro atoms. The topological polar surface area (TPSA) is 12.0 Å². The lowest BCUT2D eigenvalue weighted by molar-refractivity contribution is 0.512. The molecule has 1 aromatic rings. The van der Waals surface area contributed by atoms with Crippen LogP contribution in [0.3, 0.4) is 0 Å². The van der Waals surface area contributed by atoms with E-state index in [-0.39, 0.29) is 0 Å². The van der Waals surface area contributed by atoms with Gasteiger partial charge < -0.3 is 5.32 Å². The Morgan fingerprint density at radius 3 is 2.85 bits per heavy atom. The van der Waals surface area contributed by atoms with Crippen LogP contribution in [0.25, 0.3) is 0 Å². The van der Waals surface area contributed by atoms with Gasteiger partial charge in [0.1, 0.15) is 6.67 Å². The fraction of sp³-hybridized carbons (Fsp3) is 0.333. The summed E-state index contributed by atoms with van der Waals surface area (Å²) in [5, 5.41) is 3.61. The molecule has 0 saturated heterocycles. The van der Waals surface area contributed by atoms with E-state index in [0.717, 1.165) is 15.7 Å². The highest BCUT2D eigenvalue weighted by atomic mass is 79.9. The van der Waals surface area contributed by atoms with Gasteiger partial charge in [-0.15, -0.1) is 0 Å². The summed E-state index contributed by atoms with van der Waals surface area (Å²) in [6, 6.07) is 3.69. The Balaban J connectivity index is 2.88. The van der Waals surface area contributed by atoms with Crippen molar-refractivity contribution in [1.82, 2.24) is 0 Å². The van der Waals surface area contributed by atoms with Crippen molar-refractivity contribution in [2.45, 2.75) is 6.92 Å². The van der Waals surface area contributed by atoms with Crippen LogP contribution < -0.4 is 5.32 Å². The summed E-state index contributed by atoms with van der Waals surface area (Å²) in [5.41, 5.74) is 1.83. The molecule has 1 rings (SSSR count). The Morgan fingerprint density at radius 1 is 1.54 bits per heavy atom. The fourth-order valence-corrected chi connectivity index (χ4v) is 1.73. The molecule has 0 aliphatic rings. The predicted molar refractivity (Wildman–Crippen MR) is 58.4 cm³/mol. The van der Waals surface area contributed by atoms with Gasteiger partial charge in [-0.05, 0) is 40.5 Å². The van der Waals surface area contributed by atoms with Crippen LogP contribution in [0.2, 0.25) is 5.02 Å². The van der Waals surface area contributed by atoms with Crippen molar-refractivity contribution in [3.63, 3.8) is 0 Å². The van der Waals surface area contributed by atoms with Gasteiger partial charge in [0.05, 0.1) is 5.69 Å². The Morgan fingerprint density at radius 2 is 2.23 bits per heavy atom. The molecule has 0 bridgehead atoms. The molecule has 0 radical (unpaired) electrons. The van der Waals surface area contributed by atoms with Gasteiger partial charge in [-0.3, -0.25) is 0 Å². The zero-order chi connectivity index (χ0) is 9.84. The van der Waals surface area contributed by atoms with Crippen molar-refractivity contribution in [2.75, 3.05) is 18.5 Å². The Hall–Kier alpha value is -0.280. The van der Waals surface area contributed by atoms with Gasteiger partial charge in [-0.25, -0.2) is 4.39 Å². The largest absolute Gasteiger partial charge is 0.381 e. The first-order chi connectivity index (χ1) is 6.15. The van der Waals surface area contributed by atoms with Crippen LogP contribution in [0.15, 0.2) is 16.6 Å². The summed E-state index contributed by atoms with van der Waals surface area (Å²) in [5.74, 6) is 0. The average Bonchev–Trinajstić information content (AvgIpc) is 2.09. The third kappa shape index (κ3) is 2.85. The second kappa shape index (κ2) is 4.82. The molecule has 1 aromatic carbocycles. The van der Waals surface area contributed by atoms with E-state index < -0.39 is 6.67 Å². The van der Waals surface area contributed by atoms with Crippen LogP contribution in [-0.2, 0) is 0 Å². The number of halogens is 3. The van der Waals surface area contributed by atoms with Gasteiger partial charge in [0.2, 0.25) is 0 Å². The van der Waals surface area contributed by atoms with E-state index >= 15 is 0 Å². The predicted octanol–water partition coefficient (Wildman–Crippen LogP) is 3.79. The van der Waals surface area contributed by atoms with Crippen LogP contribution in [0.4, 0.5) is 10.1 Å². The standard InChI is InChI=1S/C9H10BrClFN/c1-6-4-7(10)9(5-8(6)11)13-3-2-12/h4-5,13H,2-3H2,1H3. The second-order valence-corrected chi connectivity index (χ2v) is 3.96. The third-order valence-corrected chi connectivity index (χ3v) is 2.72. The minimum atomic E-state index is -0.391. The Labute approximate surface area is 90.4 Å². The highest BCUT2D eigenvalue weighted by Gasteiger charge is 2.02. The van der Waals surface area contributed by atoms with Crippen molar-refractivity contribution >= 4 is 33.2 Å². The van der Waals surface area contributed by atoms with E-state index in [1.54, 1.807) is 6.07 Å². The van der Waals surface area contributed by atoms with E-state index in [4.69, 9.17) is 11.6 Å². The number of aryl methyl sites for hydroxylation is 1. The van der Waals surface area contributed by atoms with Crippen molar-refractivity contribution in [1.29, 1.82) is 0 Å². The number of alkyl halides is 1. The molecule has 0 heterocycles. The third-order valence-electron chi connectivity index (χ3n) is 1.66. The number of hydrogen-bond acceptors (Lipinski definition) is 1. The van der Waals surface area contributed by atoms with Crippen molar-refractivity contribution in [2.24, 2.45) is 0 Å². The van der Waals surface area contributed by atoms with Crippen LogP contribution in [-0.4, -0.2) is 13.2 Å². The highest BCUT2D eigenvalue weighted by molar-refractivity contribution is 9.10. The molecule has 0 aliphatic carbocycles. The van der Waals surface area contributed by atoms with E-state index in [1.807, 2.05) is 13.0 Å². The first kappa shape index (κ1) is 10.8. The zero-order valence-corrected chi connectivity index (χ0v) is 9.54. The van der Waals surface area contributed by atoms with Crippen LogP contribution in [0.5, 0.6) is 0 Å². The van der Waals surface area contributed by atoms with Gasteiger partial charge in [0.25, 0.3) is 0 Å². The summed E-state index contributed by atoms with van der Waals surface area (Å²) in [6.07, 6.45) is 0. The number of hydrogen-bond donors (Lipinski definition) is 1. The quantitative estimate of drug-likeness (QED) is 0.877. The monoisotopic (exact) mass is 265 g/mol. The number of benzene rings is 1. The Bertz CT molecular complexity index is 304. The summed E-state index contributed by atoms with van der Waals surface area (Å²) in [4.78, 5) is 0. The first-order valence-electron chi connectivity index (χ1n) is 3.90. The van der Waals surface area contributed by atoms with Crippen molar-refractivity contribution in [3.05, 3.63) is 27.2 Å². The molecule has 1 nitrogen and oxygen atoms in total. The van der Waals surface area contributed by atoms with Crippen LogP contribution in [0, 0.1) is 6.92 Å². The summed E-state index contributed by atoms with van der Waals surface area (Å²) in [7, 11) is 0. The molecule has 0 amide bonds. The molecule has 0 aromatic heterocycles. The van der Waals surface area contributed by atoms with E-state index in [1.165, 1.54) is 0 Å². The molecule has 0 fully saturated rings. The minimum Gasteiger partial charge on any atom is -0.381 e. The maximum absolute atomic E-state index is 11.9. The molecule has 0 saturated carbocycles. The lowest BCUT2D eigenvalue weighted by atomic mass is 10.2. The lowest BCUT2D eigenvalue weighted by Crippen LogP contribution is -2.03. The molecule has 0 unspecified atom stereocenters. The fourth-order valence-electron chi connectivity index (χ4n) is 0.964. The number of anilines is 1. The SMILES string of the molecule is Cc1cc(Br)c(NCCF)cc1Cl. The summed E-state index contributed by atoms with van der Waals surface area (Å²) >= 11 is 9.28. The van der Waals surface area contributed by atoms with Crippen molar-refractivity contribution in [3.8, 4) is 0 Å². The minimum absolute atomic E-state index is 0.304. The molecule has 72 valence electrons. The zero-order valence-electron chi connectivity index (χ0n) is 7.20. The molecular formula is C9H10BrClFN. The maximum atomic E-state index is 11.9. The molecule has 13 heavy (non-hydrogen) atoms. The number of rotatable bonds is 3. The smallest absolute Gasteiger partial charge is 0.107 e. The average molecular weight is 267 g/mol. The molecular weight excluding hydrogens is 256 g/mol. The van der Waals surface area contributed by atoms with Gasteiger partial charge >= 0.3 is 0 Å². The molecule has 0 aliphatic heterocycles. The lowest BCUT2D eigenvalue weighted by Gasteiger charge is -2.08. The van der Waals surface area contributed by atoms with Crippen molar-refractivity contribution < 1.29 is 4.39 Å². The van der Waals surface area contributed by atoms with Gasteiger partial charge in [0.15, 0.2) is 0 Å². The van der Waals surface area contributed by atoms with Gasteiger partial charge in [-0.2, -0.15) is 0 Å². The maximum Gasteiger partial charge on any atom is 0.107 e. The van der Waals surface area contributed by atoms with Gasteiger partial charge in [0, 0.05) is 16.0 Å². The highest BCUT2D eigenvalue weighted by Crippen LogP contribution is 2.28. The normalized spacial score (nSPS) is 10.2.